The lowest BCUT2D eigenvalue weighted by Gasteiger charge is -2.24. The van der Waals surface area contributed by atoms with Gasteiger partial charge in [-0.15, -0.1) is 24.0 Å². The number of halogens is 1. The Morgan fingerprint density at radius 3 is 2.75 bits per heavy atom. The maximum absolute atomic E-state index is 5.13. The van der Waals surface area contributed by atoms with Gasteiger partial charge in [-0.05, 0) is 31.6 Å². The Kier molecular flexibility index (Phi) is 9.61. The fourth-order valence-corrected chi connectivity index (χ4v) is 3.53. The lowest BCUT2D eigenvalue weighted by molar-refractivity contribution is 0.319. The summed E-state index contributed by atoms with van der Waals surface area (Å²) in [6.45, 7) is 9.59. The quantitative estimate of drug-likeness (QED) is 0.300. The van der Waals surface area contributed by atoms with E-state index in [1.54, 1.807) is 0 Å². The minimum atomic E-state index is 0. The van der Waals surface area contributed by atoms with Crippen LogP contribution >= 0.6 is 24.0 Å². The summed E-state index contributed by atoms with van der Waals surface area (Å²) in [5.41, 5.74) is 0. The number of guanidine groups is 1. The second kappa shape index (κ2) is 10.9. The summed E-state index contributed by atoms with van der Waals surface area (Å²) in [4.78, 5) is 11.1. The number of aliphatic imine (C=N–C) groups is 1. The van der Waals surface area contributed by atoms with E-state index >= 15 is 0 Å². The third-order valence-corrected chi connectivity index (χ3v) is 4.87. The molecule has 24 heavy (non-hydrogen) atoms. The number of hydrogen-bond donors (Lipinski definition) is 1. The van der Waals surface area contributed by atoms with E-state index in [2.05, 4.69) is 39.2 Å². The van der Waals surface area contributed by atoms with E-state index in [1.165, 1.54) is 19.3 Å². The van der Waals surface area contributed by atoms with Crippen LogP contribution in [0.1, 0.15) is 51.2 Å². The highest BCUT2D eigenvalue weighted by atomic mass is 127. The molecule has 1 atom stereocenters. The van der Waals surface area contributed by atoms with Crippen molar-refractivity contribution in [1.82, 2.24) is 20.4 Å². The van der Waals surface area contributed by atoms with Crippen LogP contribution in [-0.4, -0.2) is 47.7 Å². The zero-order chi connectivity index (χ0) is 16.7. The summed E-state index contributed by atoms with van der Waals surface area (Å²) in [6, 6.07) is 0. The molecule has 1 N–H and O–H groups in total. The van der Waals surface area contributed by atoms with Crippen LogP contribution in [-0.2, 0) is 6.42 Å². The van der Waals surface area contributed by atoms with Crippen molar-refractivity contribution >= 4 is 29.9 Å². The number of hydrogen-bond acceptors (Lipinski definition) is 4. The molecule has 1 saturated heterocycles. The highest BCUT2D eigenvalue weighted by Gasteiger charge is 2.29. The minimum Gasteiger partial charge on any atom is -0.356 e. The van der Waals surface area contributed by atoms with Crippen molar-refractivity contribution in [2.24, 2.45) is 16.8 Å². The van der Waals surface area contributed by atoms with Crippen molar-refractivity contribution in [3.05, 3.63) is 11.7 Å². The molecule has 0 aromatic carbocycles. The Bertz CT molecular complexity index is 501. The van der Waals surface area contributed by atoms with Gasteiger partial charge in [-0.1, -0.05) is 31.8 Å². The monoisotopic (exact) mass is 449 g/mol. The fraction of sp³-hybridized carbons (Fsp3) is 0.824. The maximum atomic E-state index is 5.13. The van der Waals surface area contributed by atoms with E-state index in [0.717, 1.165) is 50.3 Å². The molecule has 0 aliphatic carbocycles. The van der Waals surface area contributed by atoms with E-state index in [1.807, 2.05) is 14.0 Å². The number of nitrogens with zero attached hydrogens (tertiary/aromatic N) is 4. The number of aryl methyl sites for hydroxylation is 2. The number of rotatable bonds is 7. The van der Waals surface area contributed by atoms with Crippen LogP contribution in [0.4, 0.5) is 0 Å². The third-order valence-electron chi connectivity index (χ3n) is 4.87. The normalized spacial score (nSPS) is 18.1. The van der Waals surface area contributed by atoms with Crippen LogP contribution in [0.2, 0.25) is 0 Å². The molecule has 1 unspecified atom stereocenters. The van der Waals surface area contributed by atoms with Gasteiger partial charge in [-0.3, -0.25) is 4.99 Å². The average molecular weight is 449 g/mol. The SMILES string of the molecule is CCC(CC)C1CCN(C(=NC)NCCCc2nc(C)no2)C1.I. The van der Waals surface area contributed by atoms with Crippen molar-refractivity contribution < 1.29 is 4.52 Å². The van der Waals surface area contributed by atoms with E-state index < -0.39 is 0 Å². The molecule has 6 nitrogen and oxygen atoms in total. The molecule has 2 rings (SSSR count). The van der Waals surface area contributed by atoms with Gasteiger partial charge in [0.25, 0.3) is 0 Å². The summed E-state index contributed by atoms with van der Waals surface area (Å²) in [7, 11) is 1.87. The molecule has 0 spiro atoms. The number of likely N-dealkylation sites (tertiary alicyclic amines) is 1. The van der Waals surface area contributed by atoms with Gasteiger partial charge in [0.05, 0.1) is 0 Å². The topological polar surface area (TPSA) is 66.5 Å². The average Bonchev–Trinajstić information content (AvgIpc) is 3.18. The van der Waals surface area contributed by atoms with Gasteiger partial charge < -0.3 is 14.7 Å². The molecular weight excluding hydrogens is 417 g/mol. The van der Waals surface area contributed by atoms with Gasteiger partial charge in [-0.25, -0.2) is 0 Å². The highest BCUT2D eigenvalue weighted by Crippen LogP contribution is 2.28. The molecule has 7 heteroatoms. The molecule has 2 heterocycles. The highest BCUT2D eigenvalue weighted by molar-refractivity contribution is 14.0. The first kappa shape index (κ1) is 21.2. The molecule has 0 bridgehead atoms. The van der Waals surface area contributed by atoms with Crippen LogP contribution in [0.15, 0.2) is 9.52 Å². The molecule has 0 amide bonds. The fourth-order valence-electron chi connectivity index (χ4n) is 3.53. The summed E-state index contributed by atoms with van der Waals surface area (Å²) >= 11 is 0. The first-order chi connectivity index (χ1) is 11.2. The van der Waals surface area contributed by atoms with E-state index in [-0.39, 0.29) is 24.0 Å². The standard InChI is InChI=1S/C17H31N5O.HI/c1-5-14(6-2)15-9-11-22(12-15)17(18-4)19-10-7-8-16-20-13(3)21-23-16;/h14-15H,5-12H2,1-4H3,(H,18,19);1H. The van der Waals surface area contributed by atoms with Gasteiger partial charge in [0, 0.05) is 33.1 Å². The first-order valence-electron chi connectivity index (χ1n) is 8.92. The van der Waals surface area contributed by atoms with Crippen molar-refractivity contribution in [2.45, 2.75) is 52.9 Å². The Morgan fingerprint density at radius 2 is 2.17 bits per heavy atom. The summed E-state index contributed by atoms with van der Waals surface area (Å²) < 4.78 is 5.13. The molecule has 0 radical (unpaired) electrons. The van der Waals surface area contributed by atoms with E-state index in [0.29, 0.717) is 11.7 Å². The summed E-state index contributed by atoms with van der Waals surface area (Å²) in [5.74, 6) is 4.10. The summed E-state index contributed by atoms with van der Waals surface area (Å²) in [5, 5.41) is 7.28. The Hall–Kier alpha value is -0.860. The lowest BCUT2D eigenvalue weighted by atomic mass is 9.87. The van der Waals surface area contributed by atoms with Crippen molar-refractivity contribution in [3.63, 3.8) is 0 Å². The molecule has 1 aromatic heterocycles. The second-order valence-corrected chi connectivity index (χ2v) is 6.38. The van der Waals surface area contributed by atoms with Crippen LogP contribution in [0.5, 0.6) is 0 Å². The third kappa shape index (κ3) is 5.89. The molecule has 1 aromatic rings. The van der Waals surface area contributed by atoms with Gasteiger partial charge in [0.15, 0.2) is 11.8 Å². The van der Waals surface area contributed by atoms with Crippen molar-refractivity contribution in [2.75, 3.05) is 26.7 Å². The molecular formula is C17H32IN5O. The predicted octanol–water partition coefficient (Wildman–Crippen LogP) is 3.26. The maximum Gasteiger partial charge on any atom is 0.226 e. The molecule has 1 fully saturated rings. The first-order valence-corrected chi connectivity index (χ1v) is 8.92. The van der Waals surface area contributed by atoms with Gasteiger partial charge in [0.2, 0.25) is 5.89 Å². The summed E-state index contributed by atoms with van der Waals surface area (Å²) in [6.07, 6.45) is 5.62. The van der Waals surface area contributed by atoms with Crippen LogP contribution in [0.25, 0.3) is 0 Å². The Labute approximate surface area is 162 Å². The van der Waals surface area contributed by atoms with Crippen LogP contribution in [0, 0.1) is 18.8 Å². The van der Waals surface area contributed by atoms with Crippen molar-refractivity contribution in [1.29, 1.82) is 0 Å². The van der Waals surface area contributed by atoms with E-state index in [9.17, 15) is 0 Å². The minimum absolute atomic E-state index is 0. The molecule has 1 aliphatic rings. The van der Waals surface area contributed by atoms with Crippen molar-refractivity contribution in [3.8, 4) is 0 Å². The Morgan fingerprint density at radius 1 is 1.42 bits per heavy atom. The van der Waals surface area contributed by atoms with Crippen LogP contribution in [0.3, 0.4) is 0 Å². The lowest BCUT2D eigenvalue weighted by Crippen LogP contribution is -2.40. The smallest absolute Gasteiger partial charge is 0.226 e. The molecule has 0 saturated carbocycles. The Balaban J connectivity index is 0.00000288. The van der Waals surface area contributed by atoms with Gasteiger partial charge >= 0.3 is 0 Å². The predicted molar refractivity (Wildman–Crippen MR) is 108 cm³/mol. The largest absolute Gasteiger partial charge is 0.356 e. The zero-order valence-corrected chi connectivity index (χ0v) is 17.7. The molecule has 1 aliphatic heterocycles. The van der Waals surface area contributed by atoms with E-state index in [4.69, 9.17) is 4.52 Å². The van der Waals surface area contributed by atoms with Crippen LogP contribution < -0.4 is 5.32 Å². The second-order valence-electron chi connectivity index (χ2n) is 6.38. The molecule has 138 valence electrons. The van der Waals surface area contributed by atoms with Gasteiger partial charge in [0.1, 0.15) is 0 Å². The number of aromatic nitrogens is 2. The number of nitrogens with one attached hydrogen (secondary N) is 1. The van der Waals surface area contributed by atoms with Gasteiger partial charge in [-0.2, -0.15) is 4.98 Å². The zero-order valence-electron chi connectivity index (χ0n) is 15.4.